The number of fused-ring (bicyclic) bond motifs is 1. The number of methoxy groups -OCH3 is 2. The maximum Gasteiger partial charge on any atom is 0.388 e. The first-order valence-corrected chi connectivity index (χ1v) is 20.4. The molecule has 0 aliphatic carbocycles. The zero-order valence-corrected chi connectivity index (χ0v) is 33.9. The number of nitrogens with zero attached hydrogens (tertiary/aromatic N) is 4. The van der Waals surface area contributed by atoms with E-state index in [0.717, 1.165) is 57.4 Å². The lowest BCUT2D eigenvalue weighted by molar-refractivity contribution is -0.143. The van der Waals surface area contributed by atoms with Crippen molar-refractivity contribution in [3.63, 3.8) is 0 Å². The summed E-state index contributed by atoms with van der Waals surface area (Å²) in [5.74, 6) is 0.441. The molecule has 2 atom stereocenters. The number of ether oxygens (including phenoxy) is 5. The second-order valence-electron chi connectivity index (χ2n) is 13.7. The molecule has 57 heavy (non-hydrogen) atoms. The van der Waals surface area contributed by atoms with Crippen LogP contribution in [0.3, 0.4) is 0 Å². The average molecular weight is 799 g/mol. The number of rotatable bonds is 19. The van der Waals surface area contributed by atoms with E-state index in [4.69, 9.17) is 27.9 Å². The largest absolute Gasteiger partial charge is 0.497 e. The van der Waals surface area contributed by atoms with Crippen LogP contribution in [-0.4, -0.2) is 67.7 Å². The van der Waals surface area contributed by atoms with Crippen LogP contribution in [0.1, 0.15) is 78.5 Å². The van der Waals surface area contributed by atoms with Gasteiger partial charge < -0.3 is 27.9 Å². The maximum atomic E-state index is 13.5. The topological polar surface area (TPSA) is 141 Å². The third-order valence-electron chi connectivity index (χ3n) is 10.0. The molecule has 1 unspecified atom stereocenters. The predicted octanol–water partition coefficient (Wildman–Crippen LogP) is 7.54. The van der Waals surface area contributed by atoms with Crippen LogP contribution in [-0.2, 0) is 53.3 Å². The normalized spacial score (nSPS) is 15.0. The number of carbonyl (C=O) groups is 1. The van der Waals surface area contributed by atoms with Crippen LogP contribution < -0.4 is 9.47 Å². The van der Waals surface area contributed by atoms with Crippen molar-refractivity contribution in [2.75, 3.05) is 34.0 Å². The molecule has 0 radical (unpaired) electrons. The highest BCUT2D eigenvalue weighted by molar-refractivity contribution is 7.84. The van der Waals surface area contributed by atoms with Gasteiger partial charge in [0.25, 0.3) is 5.95 Å². The Labute approximate surface area is 334 Å². The minimum atomic E-state index is -4.23. The lowest BCUT2D eigenvalue weighted by Crippen LogP contribution is -2.38. The van der Waals surface area contributed by atoms with Gasteiger partial charge in [0.1, 0.15) is 23.6 Å². The molecule has 2 heterocycles. The Morgan fingerprint density at radius 3 is 2.40 bits per heavy atom. The molecule has 5 aromatic rings. The van der Waals surface area contributed by atoms with E-state index in [0.29, 0.717) is 31.1 Å². The first-order chi connectivity index (χ1) is 27.6. The van der Waals surface area contributed by atoms with Crippen LogP contribution in [0.15, 0.2) is 97.0 Å². The van der Waals surface area contributed by atoms with Crippen molar-refractivity contribution in [3.8, 4) is 11.5 Å². The van der Waals surface area contributed by atoms with E-state index in [1.54, 1.807) is 33.1 Å². The molecule has 0 spiro atoms. The van der Waals surface area contributed by atoms with E-state index in [9.17, 15) is 13.2 Å². The van der Waals surface area contributed by atoms with E-state index in [-0.39, 0.29) is 38.1 Å². The molecule has 0 saturated carbocycles. The molecule has 4 aromatic carbocycles. The Hall–Kier alpha value is -5.44. The monoisotopic (exact) mass is 798 g/mol. The number of esters is 1. The zero-order chi connectivity index (χ0) is 40.4. The number of carbonyl (C=O) groups excluding carboxylic acids is 1. The Kier molecular flexibility index (Phi) is 13.8. The van der Waals surface area contributed by atoms with Crippen LogP contribution in [0.5, 0.6) is 11.5 Å². The van der Waals surface area contributed by atoms with Crippen molar-refractivity contribution in [3.05, 3.63) is 130 Å². The maximum absolute atomic E-state index is 13.5. The average Bonchev–Trinajstić information content (AvgIpc) is 3.64. The minimum absolute atomic E-state index is 0.0232. The first kappa shape index (κ1) is 41.2. The van der Waals surface area contributed by atoms with Crippen LogP contribution >= 0.6 is 0 Å². The van der Waals surface area contributed by atoms with E-state index in [1.807, 2.05) is 90.5 Å². The minimum Gasteiger partial charge on any atom is -0.497 e. The van der Waals surface area contributed by atoms with Gasteiger partial charge in [0, 0.05) is 37.3 Å². The molecule has 0 bridgehead atoms. The van der Waals surface area contributed by atoms with Gasteiger partial charge in [-0.05, 0) is 91.8 Å². The molecule has 0 fully saturated rings. The van der Waals surface area contributed by atoms with Crippen LogP contribution in [0.4, 0.5) is 0 Å². The fraction of sp³-hybridized carbons (Fsp3) is 0.372. The quantitative estimate of drug-likeness (QED) is 0.0605. The molecule has 0 saturated heterocycles. The van der Waals surface area contributed by atoms with Gasteiger partial charge in [-0.25, -0.2) is 4.68 Å². The van der Waals surface area contributed by atoms with Crippen molar-refractivity contribution in [2.45, 2.75) is 71.8 Å². The summed E-state index contributed by atoms with van der Waals surface area (Å²) in [7, 11) is -1.05. The van der Waals surface area contributed by atoms with Gasteiger partial charge in [-0.1, -0.05) is 59.8 Å². The van der Waals surface area contributed by atoms with E-state index in [1.165, 1.54) is 11.4 Å². The van der Waals surface area contributed by atoms with Gasteiger partial charge in [-0.2, -0.15) is 12.7 Å². The summed E-state index contributed by atoms with van der Waals surface area (Å²) in [5, 5.41) is 9.04. The molecule has 302 valence electrons. The molecule has 6 rings (SSSR count). The van der Waals surface area contributed by atoms with Gasteiger partial charge in [-0.15, -0.1) is 5.10 Å². The molecule has 14 heteroatoms. The summed E-state index contributed by atoms with van der Waals surface area (Å²) < 4.78 is 63.4. The lowest BCUT2D eigenvalue weighted by Gasteiger charge is -2.31. The van der Waals surface area contributed by atoms with Crippen molar-refractivity contribution >= 4 is 27.3 Å². The van der Waals surface area contributed by atoms with Gasteiger partial charge in [0.05, 0.1) is 45.4 Å². The summed E-state index contributed by atoms with van der Waals surface area (Å²) in [6, 6.07) is 26.2. The van der Waals surface area contributed by atoms with E-state index >= 15 is 0 Å². The summed E-state index contributed by atoms with van der Waals surface area (Å²) in [5.41, 5.74) is 6.78. The molecule has 0 N–H and O–H groups in total. The molecule has 1 aliphatic rings. The molecular formula is C43H50N4O9S. The number of hydrogen-bond acceptors (Lipinski definition) is 11. The van der Waals surface area contributed by atoms with Crippen molar-refractivity contribution < 1.29 is 41.1 Å². The summed E-state index contributed by atoms with van der Waals surface area (Å²) in [4.78, 5) is 13.1. The Bertz CT molecular complexity index is 2260. The second-order valence-corrected chi connectivity index (χ2v) is 15.2. The molecular weight excluding hydrogens is 749 g/mol. The Balaban J connectivity index is 1.19. The smallest absolute Gasteiger partial charge is 0.388 e. The van der Waals surface area contributed by atoms with Crippen molar-refractivity contribution in [1.29, 1.82) is 0 Å². The van der Waals surface area contributed by atoms with Gasteiger partial charge in [-0.3, -0.25) is 4.79 Å². The first-order valence-electron chi connectivity index (χ1n) is 19.1. The Morgan fingerprint density at radius 1 is 0.912 bits per heavy atom. The number of unbranched alkanes of at least 4 members (excludes halogenated alkanes) is 1. The van der Waals surface area contributed by atoms with E-state index in [2.05, 4.69) is 10.3 Å². The highest BCUT2D eigenvalue weighted by atomic mass is 32.2. The van der Waals surface area contributed by atoms with E-state index < -0.39 is 22.3 Å². The van der Waals surface area contributed by atoms with Crippen LogP contribution in [0.2, 0.25) is 0 Å². The summed E-state index contributed by atoms with van der Waals surface area (Å²) in [6.45, 7) is 7.79. The fourth-order valence-corrected chi connectivity index (χ4v) is 8.13. The molecule has 1 aromatic heterocycles. The third-order valence-corrected chi connectivity index (χ3v) is 11.5. The van der Waals surface area contributed by atoms with Crippen molar-refractivity contribution in [1.82, 2.24) is 19.3 Å². The zero-order valence-electron chi connectivity index (χ0n) is 33.1. The van der Waals surface area contributed by atoms with Gasteiger partial charge in [0.2, 0.25) is 0 Å². The SMILES string of the molecule is CCOC(=O)CC(c1ccc(OC)c([C@@H](C)N2CC=C(OCc3ccccc3)OS2(=O)=O)c1)c1ccc2c(nnn2CCCCOCc2ccc(OC)cc2)c1C. The number of benzene rings is 4. The predicted molar refractivity (Wildman–Crippen MR) is 215 cm³/mol. The molecule has 0 amide bonds. The highest BCUT2D eigenvalue weighted by Gasteiger charge is 2.36. The van der Waals surface area contributed by atoms with Gasteiger partial charge >= 0.3 is 16.3 Å². The number of aryl methyl sites for hydroxylation is 2. The molecule has 13 nitrogen and oxygen atoms in total. The lowest BCUT2D eigenvalue weighted by atomic mass is 9.84. The number of aromatic nitrogens is 3. The second kappa shape index (κ2) is 19.1. The van der Waals surface area contributed by atoms with Crippen molar-refractivity contribution in [2.24, 2.45) is 0 Å². The standard InChI is InChI=1S/C43H50N4O9S/c1-6-54-41(48)27-38(36-19-20-39-43(30(36)2)44-45-46(39)23-10-11-25-53-28-33-14-17-35(51-4)18-15-33)34-16-21-40(52-5)37(26-34)31(3)47-24-22-42(56-57(47,49)50)55-29-32-12-8-7-9-13-32/h7-9,12-22,26,31,38H,6,10-11,23-25,27-29H2,1-5H3/t31-,38?/m1/s1. The van der Waals surface area contributed by atoms with Gasteiger partial charge in [0.15, 0.2) is 0 Å². The molecule has 1 aliphatic heterocycles. The van der Waals surface area contributed by atoms with Crippen LogP contribution in [0, 0.1) is 6.92 Å². The summed E-state index contributed by atoms with van der Waals surface area (Å²) in [6.07, 6.45) is 3.37. The summed E-state index contributed by atoms with van der Waals surface area (Å²) >= 11 is 0. The Morgan fingerprint density at radius 2 is 1.68 bits per heavy atom. The van der Waals surface area contributed by atoms with Crippen LogP contribution in [0.25, 0.3) is 11.0 Å². The third kappa shape index (κ3) is 10.1. The highest BCUT2D eigenvalue weighted by Crippen LogP contribution is 2.39. The fourth-order valence-electron chi connectivity index (χ4n) is 6.95. The number of hydrogen-bond donors (Lipinski definition) is 0.